The summed E-state index contributed by atoms with van der Waals surface area (Å²) >= 11 is 1.65. The van der Waals surface area contributed by atoms with Gasteiger partial charge in [0.15, 0.2) is 5.60 Å². The molecule has 1 aromatic rings. The van der Waals surface area contributed by atoms with E-state index in [4.69, 9.17) is 0 Å². The molecule has 2 aliphatic heterocycles. The first-order valence-electron chi connectivity index (χ1n) is 7.96. The van der Waals surface area contributed by atoms with Crippen LogP contribution in [0.2, 0.25) is 0 Å². The third-order valence-corrected chi connectivity index (χ3v) is 5.87. The molecule has 2 aliphatic rings. The van der Waals surface area contributed by atoms with Gasteiger partial charge in [-0.05, 0) is 31.1 Å². The van der Waals surface area contributed by atoms with Gasteiger partial charge in [0.1, 0.15) is 0 Å². The minimum Gasteiger partial charge on any atom is -0.379 e. The van der Waals surface area contributed by atoms with Gasteiger partial charge in [-0.1, -0.05) is 30.3 Å². The maximum atomic E-state index is 12.3. The van der Waals surface area contributed by atoms with Crippen LogP contribution in [-0.2, 0) is 11.3 Å². The largest absolute Gasteiger partial charge is 0.379 e. The second-order valence-corrected chi connectivity index (χ2v) is 7.61. The Morgan fingerprint density at radius 1 is 1.45 bits per heavy atom. The van der Waals surface area contributed by atoms with Gasteiger partial charge in [0, 0.05) is 30.9 Å². The topological polar surface area (TPSA) is 52.6 Å². The number of hydrogen-bond acceptors (Lipinski definition) is 4. The summed E-state index contributed by atoms with van der Waals surface area (Å²) in [5.74, 6) is 1.20. The van der Waals surface area contributed by atoms with Crippen LogP contribution in [0.15, 0.2) is 30.3 Å². The van der Waals surface area contributed by atoms with Gasteiger partial charge >= 0.3 is 0 Å². The molecule has 2 fully saturated rings. The smallest absolute Gasteiger partial charge is 0.253 e. The van der Waals surface area contributed by atoms with Crippen LogP contribution in [-0.4, -0.2) is 51.6 Å². The van der Waals surface area contributed by atoms with Gasteiger partial charge in [-0.25, -0.2) is 0 Å². The first-order valence-corrected chi connectivity index (χ1v) is 9.11. The molecule has 1 aromatic carbocycles. The fourth-order valence-corrected chi connectivity index (χ4v) is 4.53. The maximum Gasteiger partial charge on any atom is 0.253 e. The Morgan fingerprint density at radius 3 is 2.91 bits per heavy atom. The van der Waals surface area contributed by atoms with E-state index in [0.29, 0.717) is 18.2 Å². The highest BCUT2D eigenvalue weighted by atomic mass is 32.2. The van der Waals surface area contributed by atoms with E-state index in [1.54, 1.807) is 11.8 Å². The number of rotatable bonds is 4. The molecular weight excluding hydrogens is 296 g/mol. The summed E-state index contributed by atoms with van der Waals surface area (Å²) < 4.78 is 0. The van der Waals surface area contributed by atoms with E-state index >= 15 is 0 Å². The van der Waals surface area contributed by atoms with Crippen LogP contribution in [0.25, 0.3) is 0 Å². The second kappa shape index (κ2) is 6.60. The van der Waals surface area contributed by atoms with Crippen molar-refractivity contribution in [3.8, 4) is 0 Å². The zero-order chi connectivity index (χ0) is 15.6. The predicted molar refractivity (Wildman–Crippen MR) is 89.8 cm³/mol. The SMILES string of the molecule is CC1CC(NC(=O)C2(O)CCSC2)CN1Cc1ccccc1. The highest BCUT2D eigenvalue weighted by Gasteiger charge is 2.41. The highest BCUT2D eigenvalue weighted by molar-refractivity contribution is 7.99. The maximum absolute atomic E-state index is 12.3. The molecule has 5 heteroatoms. The number of aliphatic hydroxyl groups is 1. The molecule has 0 spiro atoms. The van der Waals surface area contributed by atoms with E-state index in [-0.39, 0.29) is 11.9 Å². The molecule has 1 amide bonds. The molecule has 2 N–H and O–H groups in total. The van der Waals surface area contributed by atoms with Crippen molar-refractivity contribution in [2.45, 2.75) is 44.0 Å². The number of nitrogens with one attached hydrogen (secondary N) is 1. The van der Waals surface area contributed by atoms with Crippen molar-refractivity contribution in [2.24, 2.45) is 0 Å². The van der Waals surface area contributed by atoms with Crippen LogP contribution in [0.3, 0.4) is 0 Å². The van der Waals surface area contributed by atoms with Gasteiger partial charge in [-0.15, -0.1) is 0 Å². The Morgan fingerprint density at radius 2 is 2.23 bits per heavy atom. The number of carbonyl (C=O) groups excluding carboxylic acids is 1. The lowest BCUT2D eigenvalue weighted by molar-refractivity contribution is -0.137. The summed E-state index contributed by atoms with van der Waals surface area (Å²) in [6, 6.07) is 11.0. The molecule has 2 heterocycles. The molecule has 0 radical (unpaired) electrons. The van der Waals surface area contributed by atoms with Crippen LogP contribution in [0.5, 0.6) is 0 Å². The number of benzene rings is 1. The van der Waals surface area contributed by atoms with Crippen LogP contribution in [0.4, 0.5) is 0 Å². The molecule has 3 rings (SSSR count). The number of nitrogens with zero attached hydrogens (tertiary/aromatic N) is 1. The third-order valence-electron chi connectivity index (χ3n) is 4.69. The summed E-state index contributed by atoms with van der Waals surface area (Å²) in [6.07, 6.45) is 1.52. The van der Waals surface area contributed by atoms with Crippen molar-refractivity contribution >= 4 is 17.7 Å². The molecule has 0 aliphatic carbocycles. The zero-order valence-electron chi connectivity index (χ0n) is 13.0. The summed E-state index contributed by atoms with van der Waals surface area (Å²) in [7, 11) is 0. The monoisotopic (exact) mass is 320 g/mol. The van der Waals surface area contributed by atoms with Gasteiger partial charge in [-0.3, -0.25) is 9.69 Å². The zero-order valence-corrected chi connectivity index (χ0v) is 13.8. The number of carbonyl (C=O) groups is 1. The van der Waals surface area contributed by atoms with E-state index in [2.05, 4.69) is 41.4 Å². The summed E-state index contributed by atoms with van der Waals surface area (Å²) in [5, 5.41) is 13.4. The molecular formula is C17H24N2O2S. The average molecular weight is 320 g/mol. The standard InChI is InChI=1S/C17H24N2O2S/c1-13-9-15(18-16(20)17(21)7-8-22-12-17)11-19(13)10-14-5-3-2-4-6-14/h2-6,13,15,21H,7-12H2,1H3,(H,18,20). The molecule has 4 nitrogen and oxygen atoms in total. The van der Waals surface area contributed by atoms with Gasteiger partial charge in [0.25, 0.3) is 5.91 Å². The molecule has 0 aromatic heterocycles. The third kappa shape index (κ3) is 3.47. The van der Waals surface area contributed by atoms with E-state index in [1.807, 2.05) is 6.07 Å². The molecule has 22 heavy (non-hydrogen) atoms. The Hall–Kier alpha value is -1.04. The van der Waals surface area contributed by atoms with E-state index in [9.17, 15) is 9.90 Å². The van der Waals surface area contributed by atoms with Crippen LogP contribution in [0.1, 0.15) is 25.3 Å². The van der Waals surface area contributed by atoms with Crippen LogP contribution in [0, 0.1) is 0 Å². The van der Waals surface area contributed by atoms with Crippen molar-refractivity contribution in [3.63, 3.8) is 0 Å². The fourth-order valence-electron chi connectivity index (χ4n) is 3.29. The minimum absolute atomic E-state index is 0.140. The lowest BCUT2D eigenvalue weighted by Gasteiger charge is -2.23. The van der Waals surface area contributed by atoms with Crippen LogP contribution < -0.4 is 5.32 Å². The first kappa shape index (κ1) is 15.8. The summed E-state index contributed by atoms with van der Waals surface area (Å²) in [5.41, 5.74) is 0.146. The highest BCUT2D eigenvalue weighted by Crippen LogP contribution is 2.29. The number of hydrogen-bond donors (Lipinski definition) is 2. The normalized spacial score (nSPS) is 32.3. The Kier molecular flexibility index (Phi) is 4.76. The molecule has 0 bridgehead atoms. The van der Waals surface area contributed by atoms with Crippen molar-refractivity contribution in [1.82, 2.24) is 10.2 Å². The van der Waals surface area contributed by atoms with Crippen molar-refractivity contribution in [1.29, 1.82) is 0 Å². The van der Waals surface area contributed by atoms with Gasteiger partial charge in [0.05, 0.1) is 0 Å². The van der Waals surface area contributed by atoms with Crippen molar-refractivity contribution in [3.05, 3.63) is 35.9 Å². The van der Waals surface area contributed by atoms with Crippen molar-refractivity contribution < 1.29 is 9.90 Å². The minimum atomic E-state index is -1.15. The summed E-state index contributed by atoms with van der Waals surface area (Å²) in [6.45, 7) is 3.97. The number of amides is 1. The van der Waals surface area contributed by atoms with E-state index in [0.717, 1.165) is 25.3 Å². The Balaban J connectivity index is 1.55. The summed E-state index contributed by atoms with van der Waals surface area (Å²) in [4.78, 5) is 14.7. The van der Waals surface area contributed by atoms with Gasteiger partial charge in [-0.2, -0.15) is 11.8 Å². The second-order valence-electron chi connectivity index (χ2n) is 6.50. The number of likely N-dealkylation sites (tertiary alicyclic amines) is 1. The van der Waals surface area contributed by atoms with E-state index < -0.39 is 5.60 Å². The molecule has 0 saturated carbocycles. The molecule has 120 valence electrons. The molecule has 2 saturated heterocycles. The first-order chi connectivity index (χ1) is 10.6. The Bertz CT molecular complexity index is 517. The lowest BCUT2D eigenvalue weighted by Crippen LogP contribution is -2.51. The fraction of sp³-hybridized carbons (Fsp3) is 0.588. The predicted octanol–water partition coefficient (Wildman–Crippen LogP) is 1.63. The average Bonchev–Trinajstić information content (AvgIpc) is 3.08. The Labute approximate surface area is 136 Å². The quantitative estimate of drug-likeness (QED) is 0.885. The lowest BCUT2D eigenvalue weighted by atomic mass is 10.0. The number of thioether (sulfide) groups is 1. The molecule has 3 unspecified atom stereocenters. The van der Waals surface area contributed by atoms with Gasteiger partial charge < -0.3 is 10.4 Å². The molecule has 3 atom stereocenters. The van der Waals surface area contributed by atoms with Gasteiger partial charge in [0.2, 0.25) is 0 Å². The van der Waals surface area contributed by atoms with Crippen LogP contribution >= 0.6 is 11.8 Å². The van der Waals surface area contributed by atoms with Crippen molar-refractivity contribution in [2.75, 3.05) is 18.1 Å². The van der Waals surface area contributed by atoms with E-state index in [1.165, 1.54) is 5.56 Å².